The van der Waals surface area contributed by atoms with Crippen LogP contribution in [0.5, 0.6) is 5.75 Å². The fourth-order valence-electron chi connectivity index (χ4n) is 3.13. The fraction of sp³-hybridized carbons (Fsp3) is 0.500. The molecule has 7 nitrogen and oxygen atoms in total. The molecule has 1 aliphatic rings. The first kappa shape index (κ1) is 18.5. The van der Waals surface area contributed by atoms with Crippen LogP contribution in [-0.4, -0.2) is 58.8 Å². The summed E-state index contributed by atoms with van der Waals surface area (Å²) in [6.07, 6.45) is 3.66. The number of H-pyrrole nitrogens is 1. The van der Waals surface area contributed by atoms with Crippen molar-refractivity contribution in [3.8, 4) is 5.75 Å². The summed E-state index contributed by atoms with van der Waals surface area (Å²) in [6.45, 7) is 4.59. The lowest BCUT2D eigenvalue weighted by Gasteiger charge is -2.33. The molecule has 0 radical (unpaired) electrons. The van der Waals surface area contributed by atoms with Crippen molar-refractivity contribution in [2.75, 3.05) is 26.7 Å². The standard InChI is InChI=1S/C18H25ClN6O/c1-13(26-16-5-3-15(19)4-6-16)11-21-18(20-2)25-9-7-14(8-10-25)17-22-12-23-24-17/h3-6,12-14H,7-11H2,1-2H3,(H,20,21)(H,22,23,24). The minimum Gasteiger partial charge on any atom is -0.489 e. The number of aromatic amines is 1. The number of hydrogen-bond acceptors (Lipinski definition) is 4. The van der Waals surface area contributed by atoms with Crippen LogP contribution in [0.1, 0.15) is 31.5 Å². The molecule has 26 heavy (non-hydrogen) atoms. The van der Waals surface area contributed by atoms with Crippen molar-refractivity contribution in [2.45, 2.75) is 31.8 Å². The lowest BCUT2D eigenvalue weighted by molar-refractivity contribution is 0.220. The molecule has 140 valence electrons. The summed E-state index contributed by atoms with van der Waals surface area (Å²) in [5.41, 5.74) is 0. The number of nitrogens with zero attached hydrogens (tertiary/aromatic N) is 4. The molecule has 0 saturated carbocycles. The predicted molar refractivity (Wildman–Crippen MR) is 103 cm³/mol. The maximum atomic E-state index is 5.90. The third-order valence-corrected chi connectivity index (χ3v) is 4.78. The number of piperidine rings is 1. The summed E-state index contributed by atoms with van der Waals surface area (Å²) in [7, 11) is 1.82. The van der Waals surface area contributed by atoms with Gasteiger partial charge in [0.2, 0.25) is 0 Å². The van der Waals surface area contributed by atoms with Gasteiger partial charge in [0.25, 0.3) is 0 Å². The molecule has 1 aliphatic heterocycles. The number of rotatable bonds is 5. The Morgan fingerprint density at radius 3 is 2.73 bits per heavy atom. The van der Waals surface area contributed by atoms with E-state index in [9.17, 15) is 0 Å². The van der Waals surface area contributed by atoms with Gasteiger partial charge in [-0.1, -0.05) is 11.6 Å². The van der Waals surface area contributed by atoms with Crippen molar-refractivity contribution in [3.63, 3.8) is 0 Å². The highest BCUT2D eigenvalue weighted by molar-refractivity contribution is 6.30. The number of hydrogen-bond donors (Lipinski definition) is 2. The van der Waals surface area contributed by atoms with Crippen LogP contribution in [0.25, 0.3) is 0 Å². The number of halogens is 1. The van der Waals surface area contributed by atoms with Crippen LogP contribution in [0.4, 0.5) is 0 Å². The molecule has 1 fully saturated rings. The van der Waals surface area contributed by atoms with Crippen LogP contribution < -0.4 is 10.1 Å². The van der Waals surface area contributed by atoms with E-state index in [4.69, 9.17) is 16.3 Å². The third kappa shape index (κ3) is 4.88. The molecule has 2 aromatic rings. The molecule has 2 heterocycles. The maximum Gasteiger partial charge on any atom is 0.193 e. The molecule has 1 aromatic heterocycles. The fourth-order valence-corrected chi connectivity index (χ4v) is 3.26. The van der Waals surface area contributed by atoms with Gasteiger partial charge in [-0.2, -0.15) is 5.10 Å². The molecule has 3 rings (SSSR count). The van der Waals surface area contributed by atoms with Gasteiger partial charge in [-0.05, 0) is 44.0 Å². The second-order valence-corrected chi connectivity index (χ2v) is 6.88. The zero-order valence-corrected chi connectivity index (χ0v) is 15.9. The lowest BCUT2D eigenvalue weighted by atomic mass is 9.96. The molecule has 0 aliphatic carbocycles. The maximum absolute atomic E-state index is 5.90. The molecule has 0 bridgehead atoms. The van der Waals surface area contributed by atoms with Crippen LogP contribution in [0, 0.1) is 0 Å². The molecule has 2 N–H and O–H groups in total. The molecular weight excluding hydrogens is 352 g/mol. The first-order valence-electron chi connectivity index (χ1n) is 8.88. The summed E-state index contributed by atoms with van der Waals surface area (Å²) in [4.78, 5) is 11.0. The Balaban J connectivity index is 1.45. The summed E-state index contributed by atoms with van der Waals surface area (Å²) in [6, 6.07) is 7.41. The van der Waals surface area contributed by atoms with E-state index < -0.39 is 0 Å². The van der Waals surface area contributed by atoms with E-state index in [0.717, 1.165) is 43.5 Å². The van der Waals surface area contributed by atoms with Gasteiger partial charge >= 0.3 is 0 Å². The molecule has 8 heteroatoms. The highest BCUT2D eigenvalue weighted by Gasteiger charge is 2.24. The van der Waals surface area contributed by atoms with E-state index >= 15 is 0 Å². The van der Waals surface area contributed by atoms with E-state index in [1.165, 1.54) is 0 Å². The van der Waals surface area contributed by atoms with Crippen molar-refractivity contribution >= 4 is 17.6 Å². The quantitative estimate of drug-likeness (QED) is 0.619. The third-order valence-electron chi connectivity index (χ3n) is 4.53. The van der Waals surface area contributed by atoms with E-state index in [1.807, 2.05) is 38.2 Å². The lowest BCUT2D eigenvalue weighted by Crippen LogP contribution is -2.47. The molecule has 1 aromatic carbocycles. The van der Waals surface area contributed by atoms with Gasteiger partial charge in [0, 0.05) is 31.1 Å². The van der Waals surface area contributed by atoms with Crippen molar-refractivity contribution in [1.29, 1.82) is 0 Å². The Labute approximate surface area is 158 Å². The van der Waals surface area contributed by atoms with Gasteiger partial charge < -0.3 is 15.0 Å². The number of aromatic nitrogens is 3. The first-order valence-corrected chi connectivity index (χ1v) is 9.26. The molecule has 1 unspecified atom stereocenters. The average molecular weight is 377 g/mol. The Morgan fingerprint density at radius 2 is 2.12 bits per heavy atom. The van der Waals surface area contributed by atoms with Crippen LogP contribution in [0.15, 0.2) is 35.6 Å². The summed E-state index contributed by atoms with van der Waals surface area (Å²) in [5.74, 6) is 3.15. The van der Waals surface area contributed by atoms with E-state index in [-0.39, 0.29) is 6.10 Å². The minimum absolute atomic E-state index is 0.0136. The van der Waals surface area contributed by atoms with Crippen molar-refractivity contribution < 1.29 is 4.74 Å². The predicted octanol–water partition coefficient (Wildman–Crippen LogP) is 2.68. The number of guanidine groups is 1. The van der Waals surface area contributed by atoms with Gasteiger partial charge in [0.05, 0.1) is 6.54 Å². The summed E-state index contributed by atoms with van der Waals surface area (Å²) < 4.78 is 5.90. The zero-order valence-electron chi connectivity index (χ0n) is 15.2. The molecular formula is C18H25ClN6O. The van der Waals surface area contributed by atoms with Gasteiger partial charge in [0.1, 0.15) is 24.0 Å². The molecule has 1 saturated heterocycles. The largest absolute Gasteiger partial charge is 0.489 e. The van der Waals surface area contributed by atoms with Crippen LogP contribution in [-0.2, 0) is 0 Å². The van der Waals surface area contributed by atoms with Crippen LogP contribution >= 0.6 is 11.6 Å². The number of likely N-dealkylation sites (tertiary alicyclic amines) is 1. The molecule has 1 atom stereocenters. The average Bonchev–Trinajstić information content (AvgIpc) is 3.19. The van der Waals surface area contributed by atoms with E-state index in [2.05, 4.69) is 30.4 Å². The topological polar surface area (TPSA) is 78.4 Å². The van der Waals surface area contributed by atoms with E-state index in [0.29, 0.717) is 17.5 Å². The van der Waals surface area contributed by atoms with Gasteiger partial charge in [0.15, 0.2) is 5.96 Å². The molecule has 0 spiro atoms. The minimum atomic E-state index is 0.0136. The first-order chi connectivity index (χ1) is 12.7. The number of ether oxygens (including phenoxy) is 1. The normalized spacial score (nSPS) is 17.2. The molecule has 0 amide bonds. The van der Waals surface area contributed by atoms with Gasteiger partial charge in [-0.25, -0.2) is 4.98 Å². The number of benzene rings is 1. The SMILES string of the molecule is CN=C(NCC(C)Oc1ccc(Cl)cc1)N1CCC(c2ncn[nH]2)CC1. The van der Waals surface area contributed by atoms with Crippen molar-refractivity contribution in [2.24, 2.45) is 4.99 Å². The zero-order chi connectivity index (χ0) is 18.4. The van der Waals surface area contributed by atoms with Gasteiger partial charge in [-0.15, -0.1) is 0 Å². The second-order valence-electron chi connectivity index (χ2n) is 6.44. The summed E-state index contributed by atoms with van der Waals surface area (Å²) in [5, 5.41) is 11.0. The Morgan fingerprint density at radius 1 is 1.38 bits per heavy atom. The Bertz CT molecular complexity index is 695. The number of nitrogens with one attached hydrogen (secondary N) is 2. The Hall–Kier alpha value is -2.28. The highest BCUT2D eigenvalue weighted by atomic mass is 35.5. The Kier molecular flexibility index (Phi) is 6.33. The second kappa shape index (κ2) is 8.89. The monoisotopic (exact) mass is 376 g/mol. The van der Waals surface area contributed by atoms with E-state index in [1.54, 1.807) is 6.33 Å². The summed E-state index contributed by atoms with van der Waals surface area (Å²) >= 11 is 5.90. The highest BCUT2D eigenvalue weighted by Crippen LogP contribution is 2.24. The number of aliphatic imine (C=N–C) groups is 1. The van der Waals surface area contributed by atoms with Crippen LogP contribution in [0.3, 0.4) is 0 Å². The van der Waals surface area contributed by atoms with Crippen molar-refractivity contribution in [1.82, 2.24) is 25.4 Å². The smallest absolute Gasteiger partial charge is 0.193 e. The van der Waals surface area contributed by atoms with Crippen LogP contribution in [0.2, 0.25) is 5.02 Å². The van der Waals surface area contributed by atoms with Gasteiger partial charge in [-0.3, -0.25) is 10.1 Å². The van der Waals surface area contributed by atoms with Crippen molar-refractivity contribution in [3.05, 3.63) is 41.4 Å².